The number of benzene rings is 1. The number of hydrogen-bond donors (Lipinski definition) is 2. The van der Waals surface area contributed by atoms with Crippen molar-refractivity contribution in [3.05, 3.63) is 47.8 Å². The van der Waals surface area contributed by atoms with Crippen molar-refractivity contribution >= 4 is 5.69 Å². The molecule has 0 aliphatic carbocycles. The highest BCUT2D eigenvalue weighted by molar-refractivity contribution is 5.44. The van der Waals surface area contributed by atoms with Gasteiger partial charge in [0.05, 0.1) is 12.8 Å². The number of aryl methyl sites for hydroxylation is 1. The summed E-state index contributed by atoms with van der Waals surface area (Å²) in [5.41, 5.74) is 3.11. The molecule has 84 valence electrons. The summed E-state index contributed by atoms with van der Waals surface area (Å²) in [4.78, 5) is 0. The molecule has 1 heterocycles. The van der Waals surface area contributed by atoms with E-state index >= 15 is 0 Å². The number of hydrogen-bond acceptors (Lipinski definition) is 3. The van der Waals surface area contributed by atoms with Gasteiger partial charge < -0.3 is 10.4 Å². The van der Waals surface area contributed by atoms with E-state index in [2.05, 4.69) is 10.4 Å². The van der Waals surface area contributed by atoms with Gasteiger partial charge in [-0.25, -0.2) is 0 Å². The molecule has 2 N–H and O–H groups in total. The van der Waals surface area contributed by atoms with Gasteiger partial charge in [-0.1, -0.05) is 12.1 Å². The lowest BCUT2D eigenvalue weighted by atomic mass is 10.2. The maximum atomic E-state index is 8.91. The normalized spacial score (nSPS) is 10.4. The molecule has 2 aromatic rings. The summed E-state index contributed by atoms with van der Waals surface area (Å²) in [5.74, 6) is 0. The molecular weight excluding hydrogens is 202 g/mol. The Morgan fingerprint density at radius 1 is 1.25 bits per heavy atom. The van der Waals surface area contributed by atoms with Gasteiger partial charge in [-0.3, -0.25) is 4.68 Å². The lowest BCUT2D eigenvalue weighted by molar-refractivity contribution is 0.282. The first-order valence-electron chi connectivity index (χ1n) is 5.19. The van der Waals surface area contributed by atoms with Crippen LogP contribution in [0.25, 0.3) is 0 Å². The van der Waals surface area contributed by atoms with Crippen LogP contribution in [0, 0.1) is 0 Å². The van der Waals surface area contributed by atoms with Gasteiger partial charge in [0.2, 0.25) is 0 Å². The van der Waals surface area contributed by atoms with Crippen molar-refractivity contribution in [3.8, 4) is 0 Å². The summed E-state index contributed by atoms with van der Waals surface area (Å²) in [5, 5.41) is 16.3. The van der Waals surface area contributed by atoms with Gasteiger partial charge in [-0.15, -0.1) is 0 Å². The zero-order valence-corrected chi connectivity index (χ0v) is 9.22. The fraction of sp³-hybridized carbons (Fsp3) is 0.250. The van der Waals surface area contributed by atoms with Crippen molar-refractivity contribution in [3.63, 3.8) is 0 Å². The monoisotopic (exact) mass is 217 g/mol. The molecular formula is C12H15N3O. The molecule has 0 radical (unpaired) electrons. The summed E-state index contributed by atoms with van der Waals surface area (Å²) in [6, 6.07) is 7.74. The van der Waals surface area contributed by atoms with Gasteiger partial charge in [-0.05, 0) is 17.7 Å². The van der Waals surface area contributed by atoms with Crippen LogP contribution in [0.15, 0.2) is 36.7 Å². The zero-order valence-electron chi connectivity index (χ0n) is 9.22. The predicted octanol–water partition coefficient (Wildman–Crippen LogP) is 1.52. The van der Waals surface area contributed by atoms with Gasteiger partial charge in [-0.2, -0.15) is 5.10 Å². The first-order valence-corrected chi connectivity index (χ1v) is 5.19. The molecule has 4 heteroatoms. The largest absolute Gasteiger partial charge is 0.392 e. The number of nitrogens with zero attached hydrogens (tertiary/aromatic N) is 2. The Hall–Kier alpha value is -1.81. The van der Waals surface area contributed by atoms with Crippen molar-refractivity contribution in [2.24, 2.45) is 7.05 Å². The number of aliphatic hydroxyl groups is 1. The third-order valence-electron chi connectivity index (χ3n) is 2.39. The molecule has 2 rings (SSSR count). The quantitative estimate of drug-likeness (QED) is 0.816. The molecule has 0 fully saturated rings. The maximum absolute atomic E-state index is 8.91. The van der Waals surface area contributed by atoms with Crippen molar-refractivity contribution in [2.45, 2.75) is 13.2 Å². The van der Waals surface area contributed by atoms with E-state index in [1.54, 1.807) is 4.68 Å². The SMILES string of the molecule is Cn1cc(CNc2ccc(CO)cc2)cn1. The second kappa shape index (κ2) is 4.81. The lowest BCUT2D eigenvalue weighted by Gasteiger charge is -2.05. The van der Waals surface area contributed by atoms with E-state index < -0.39 is 0 Å². The van der Waals surface area contributed by atoms with E-state index in [9.17, 15) is 0 Å². The average Bonchev–Trinajstić information content (AvgIpc) is 2.73. The Morgan fingerprint density at radius 3 is 2.56 bits per heavy atom. The first-order chi connectivity index (χ1) is 7.78. The van der Waals surface area contributed by atoms with Crippen LogP contribution < -0.4 is 5.32 Å². The highest BCUT2D eigenvalue weighted by Gasteiger charge is 1.96. The second-order valence-electron chi connectivity index (χ2n) is 3.73. The highest BCUT2D eigenvalue weighted by Crippen LogP contribution is 2.10. The van der Waals surface area contributed by atoms with Gasteiger partial charge in [0.15, 0.2) is 0 Å². The van der Waals surface area contributed by atoms with Crippen LogP contribution >= 0.6 is 0 Å². The average molecular weight is 217 g/mol. The van der Waals surface area contributed by atoms with E-state index in [1.807, 2.05) is 43.7 Å². The minimum atomic E-state index is 0.0862. The Balaban J connectivity index is 1.94. The van der Waals surface area contributed by atoms with Crippen LogP contribution in [-0.2, 0) is 20.2 Å². The Morgan fingerprint density at radius 2 is 2.00 bits per heavy atom. The third-order valence-corrected chi connectivity index (χ3v) is 2.39. The molecule has 0 aliphatic heterocycles. The molecule has 16 heavy (non-hydrogen) atoms. The highest BCUT2D eigenvalue weighted by atomic mass is 16.3. The molecule has 0 amide bonds. The summed E-state index contributed by atoms with van der Waals surface area (Å²) < 4.78 is 1.78. The molecule has 0 bridgehead atoms. The second-order valence-corrected chi connectivity index (χ2v) is 3.73. The number of aliphatic hydroxyl groups excluding tert-OH is 1. The third kappa shape index (κ3) is 2.61. The van der Waals surface area contributed by atoms with Crippen molar-refractivity contribution < 1.29 is 5.11 Å². The molecule has 1 aromatic heterocycles. The molecule has 0 saturated carbocycles. The fourth-order valence-corrected chi connectivity index (χ4v) is 1.50. The Kier molecular flexibility index (Phi) is 3.22. The van der Waals surface area contributed by atoms with Crippen LogP contribution in [0.4, 0.5) is 5.69 Å². The molecule has 0 spiro atoms. The van der Waals surface area contributed by atoms with Crippen LogP contribution in [0.2, 0.25) is 0 Å². The van der Waals surface area contributed by atoms with E-state index in [0.29, 0.717) is 0 Å². The molecule has 4 nitrogen and oxygen atoms in total. The van der Waals surface area contributed by atoms with Gasteiger partial charge in [0, 0.05) is 31.0 Å². The topological polar surface area (TPSA) is 50.1 Å². The summed E-state index contributed by atoms with van der Waals surface area (Å²) in [6.45, 7) is 0.842. The van der Waals surface area contributed by atoms with Gasteiger partial charge in [0.1, 0.15) is 0 Å². The number of aromatic nitrogens is 2. The van der Waals surface area contributed by atoms with Crippen LogP contribution in [0.3, 0.4) is 0 Å². The number of anilines is 1. The maximum Gasteiger partial charge on any atom is 0.0681 e. The van der Waals surface area contributed by atoms with Crippen molar-refractivity contribution in [2.75, 3.05) is 5.32 Å². The van der Waals surface area contributed by atoms with E-state index in [-0.39, 0.29) is 6.61 Å². The first kappa shape index (κ1) is 10.7. The molecule has 0 atom stereocenters. The molecule has 0 aliphatic rings. The summed E-state index contributed by atoms with van der Waals surface area (Å²) >= 11 is 0. The minimum absolute atomic E-state index is 0.0862. The van der Waals surface area contributed by atoms with Crippen LogP contribution in [0.5, 0.6) is 0 Å². The van der Waals surface area contributed by atoms with Gasteiger partial charge in [0.25, 0.3) is 0 Å². The van der Waals surface area contributed by atoms with Crippen molar-refractivity contribution in [1.82, 2.24) is 9.78 Å². The smallest absolute Gasteiger partial charge is 0.0681 e. The summed E-state index contributed by atoms with van der Waals surface area (Å²) in [7, 11) is 1.90. The fourth-order valence-electron chi connectivity index (χ4n) is 1.50. The minimum Gasteiger partial charge on any atom is -0.392 e. The lowest BCUT2D eigenvalue weighted by Crippen LogP contribution is -1.98. The predicted molar refractivity (Wildman–Crippen MR) is 62.9 cm³/mol. The van der Waals surface area contributed by atoms with Crippen molar-refractivity contribution in [1.29, 1.82) is 0 Å². The number of rotatable bonds is 4. The number of nitrogens with one attached hydrogen (secondary N) is 1. The Labute approximate surface area is 94.5 Å². The van der Waals surface area contributed by atoms with E-state index in [4.69, 9.17) is 5.11 Å². The molecule has 0 saturated heterocycles. The van der Waals surface area contributed by atoms with Crippen LogP contribution in [-0.4, -0.2) is 14.9 Å². The van der Waals surface area contributed by atoms with E-state index in [0.717, 1.165) is 23.4 Å². The standard InChI is InChI=1S/C12H15N3O/c1-15-8-11(7-14-15)6-13-12-4-2-10(9-16)3-5-12/h2-5,7-8,13,16H,6,9H2,1H3. The van der Waals surface area contributed by atoms with Gasteiger partial charge >= 0.3 is 0 Å². The van der Waals surface area contributed by atoms with E-state index in [1.165, 1.54) is 0 Å². The zero-order chi connectivity index (χ0) is 11.4. The Bertz CT molecular complexity index is 448. The van der Waals surface area contributed by atoms with Crippen LogP contribution in [0.1, 0.15) is 11.1 Å². The molecule has 1 aromatic carbocycles. The molecule has 0 unspecified atom stereocenters. The summed E-state index contributed by atoms with van der Waals surface area (Å²) in [6.07, 6.45) is 3.82.